The van der Waals surface area contributed by atoms with Crippen LogP contribution in [0.4, 0.5) is 0 Å². The molecule has 1 aliphatic rings. The maximum Gasteiger partial charge on any atom is 0.0249 e. The molecule has 116 valence electrons. The Morgan fingerprint density at radius 2 is 1.59 bits per heavy atom. The van der Waals surface area contributed by atoms with Crippen molar-refractivity contribution in [1.29, 1.82) is 0 Å². The van der Waals surface area contributed by atoms with Gasteiger partial charge in [-0.15, -0.1) is 0 Å². The summed E-state index contributed by atoms with van der Waals surface area (Å²) in [5, 5.41) is 0. The smallest absolute Gasteiger partial charge is 0.0249 e. The normalized spacial score (nSPS) is 21.9. The van der Waals surface area contributed by atoms with Gasteiger partial charge in [-0.1, -0.05) is 56.0 Å². The van der Waals surface area contributed by atoms with Crippen LogP contribution in [0.2, 0.25) is 0 Å². The second-order valence-electron chi connectivity index (χ2n) is 6.19. The van der Waals surface area contributed by atoms with E-state index in [9.17, 15) is 0 Å². The van der Waals surface area contributed by atoms with Crippen molar-refractivity contribution in [2.75, 3.05) is 0 Å². The number of aryl methyl sites for hydroxylation is 1. The predicted octanol–water partition coefficient (Wildman–Crippen LogP) is 5.93. The monoisotopic (exact) mass is 292 g/mol. The Labute approximate surface area is 136 Å². The van der Waals surface area contributed by atoms with Gasteiger partial charge < -0.3 is 0 Å². The Balaban J connectivity index is 1.79. The number of hydrogen-bond donors (Lipinski definition) is 0. The molecule has 0 atom stereocenters. The maximum atomic E-state index is 3.22. The van der Waals surface area contributed by atoms with Crippen LogP contribution in [0.3, 0.4) is 0 Å². The molecule has 0 heteroatoms. The fraction of sp³-hybridized carbons (Fsp3) is 0.455. The van der Waals surface area contributed by atoms with Crippen LogP contribution in [0.25, 0.3) is 0 Å². The highest BCUT2D eigenvalue weighted by atomic mass is 14.2. The van der Waals surface area contributed by atoms with Gasteiger partial charge in [-0.25, -0.2) is 0 Å². The van der Waals surface area contributed by atoms with Gasteiger partial charge in [-0.05, 0) is 74.1 Å². The average molecular weight is 292 g/mol. The summed E-state index contributed by atoms with van der Waals surface area (Å²) in [6.07, 6.45) is 16.6. The van der Waals surface area contributed by atoms with Gasteiger partial charge in [0.25, 0.3) is 0 Å². The van der Waals surface area contributed by atoms with Crippen molar-refractivity contribution >= 4 is 0 Å². The SMILES string of the molecule is CC/C=C/C1CCC(/C=C/C#Cc2ccc(CC)cc2)CC1. The fourth-order valence-corrected chi connectivity index (χ4v) is 2.99. The van der Waals surface area contributed by atoms with E-state index in [1.54, 1.807) is 0 Å². The Bertz CT molecular complexity index is 540. The van der Waals surface area contributed by atoms with E-state index in [0.717, 1.165) is 30.2 Å². The lowest BCUT2D eigenvalue weighted by atomic mass is 9.81. The van der Waals surface area contributed by atoms with E-state index in [0.29, 0.717) is 0 Å². The molecule has 0 amide bonds. The summed E-state index contributed by atoms with van der Waals surface area (Å²) < 4.78 is 0. The van der Waals surface area contributed by atoms with E-state index in [1.807, 2.05) is 0 Å². The van der Waals surface area contributed by atoms with Crippen molar-refractivity contribution in [2.24, 2.45) is 11.8 Å². The summed E-state index contributed by atoms with van der Waals surface area (Å²) >= 11 is 0. The molecule has 1 aliphatic carbocycles. The molecule has 0 saturated heterocycles. The average Bonchev–Trinajstić information content (AvgIpc) is 2.58. The number of allylic oxidation sites excluding steroid dienone is 4. The van der Waals surface area contributed by atoms with Gasteiger partial charge >= 0.3 is 0 Å². The molecule has 0 radical (unpaired) electrons. The number of benzene rings is 1. The van der Waals surface area contributed by atoms with E-state index in [-0.39, 0.29) is 0 Å². The van der Waals surface area contributed by atoms with Gasteiger partial charge in [-0.2, -0.15) is 0 Å². The van der Waals surface area contributed by atoms with Crippen LogP contribution in [0.1, 0.15) is 57.1 Å². The van der Waals surface area contributed by atoms with Gasteiger partial charge in [0.1, 0.15) is 0 Å². The summed E-state index contributed by atoms with van der Waals surface area (Å²) in [4.78, 5) is 0. The molecule has 0 heterocycles. The first-order chi connectivity index (χ1) is 10.8. The van der Waals surface area contributed by atoms with Crippen molar-refractivity contribution in [3.63, 3.8) is 0 Å². The van der Waals surface area contributed by atoms with E-state index >= 15 is 0 Å². The highest BCUT2D eigenvalue weighted by molar-refractivity contribution is 5.38. The van der Waals surface area contributed by atoms with Crippen LogP contribution in [0.15, 0.2) is 48.6 Å². The molecule has 22 heavy (non-hydrogen) atoms. The zero-order chi connectivity index (χ0) is 15.6. The molecule has 0 spiro atoms. The highest BCUT2D eigenvalue weighted by Crippen LogP contribution is 2.30. The Morgan fingerprint density at radius 3 is 2.18 bits per heavy atom. The fourth-order valence-electron chi connectivity index (χ4n) is 2.99. The second kappa shape index (κ2) is 9.31. The van der Waals surface area contributed by atoms with Crippen LogP contribution in [0, 0.1) is 23.7 Å². The zero-order valence-corrected chi connectivity index (χ0v) is 14.0. The van der Waals surface area contributed by atoms with Crippen molar-refractivity contribution < 1.29 is 0 Å². The first-order valence-corrected chi connectivity index (χ1v) is 8.75. The van der Waals surface area contributed by atoms with Crippen LogP contribution in [-0.4, -0.2) is 0 Å². The van der Waals surface area contributed by atoms with Gasteiger partial charge in [0, 0.05) is 5.56 Å². The molecule has 1 fully saturated rings. The molecule has 1 aromatic carbocycles. The lowest BCUT2D eigenvalue weighted by Gasteiger charge is -2.24. The van der Waals surface area contributed by atoms with Crippen LogP contribution < -0.4 is 0 Å². The second-order valence-corrected chi connectivity index (χ2v) is 6.19. The van der Waals surface area contributed by atoms with Crippen LogP contribution in [0.5, 0.6) is 0 Å². The van der Waals surface area contributed by atoms with E-state index in [1.165, 1.54) is 31.2 Å². The molecular weight excluding hydrogens is 264 g/mol. The topological polar surface area (TPSA) is 0 Å². The van der Waals surface area contributed by atoms with Crippen molar-refractivity contribution in [3.05, 3.63) is 59.7 Å². The number of hydrogen-bond acceptors (Lipinski definition) is 0. The Morgan fingerprint density at radius 1 is 0.955 bits per heavy atom. The lowest BCUT2D eigenvalue weighted by Crippen LogP contribution is -2.11. The van der Waals surface area contributed by atoms with Crippen molar-refractivity contribution in [3.8, 4) is 11.8 Å². The third-order valence-corrected chi connectivity index (χ3v) is 4.49. The van der Waals surface area contributed by atoms with Crippen LogP contribution >= 0.6 is 0 Å². The third kappa shape index (κ3) is 5.57. The third-order valence-electron chi connectivity index (χ3n) is 4.49. The maximum absolute atomic E-state index is 3.22. The van der Waals surface area contributed by atoms with Crippen molar-refractivity contribution in [2.45, 2.75) is 52.4 Å². The molecule has 0 aliphatic heterocycles. The quantitative estimate of drug-likeness (QED) is 0.476. The summed E-state index contributed by atoms with van der Waals surface area (Å²) in [5.41, 5.74) is 2.48. The molecular formula is C22H28. The number of rotatable bonds is 4. The molecule has 1 saturated carbocycles. The van der Waals surface area contributed by atoms with Crippen LogP contribution in [-0.2, 0) is 6.42 Å². The largest absolute Gasteiger partial charge is 0.0885 e. The molecule has 0 nitrogen and oxygen atoms in total. The molecule has 0 aromatic heterocycles. The first kappa shape index (κ1) is 16.6. The van der Waals surface area contributed by atoms with Crippen molar-refractivity contribution in [1.82, 2.24) is 0 Å². The minimum absolute atomic E-state index is 0.725. The van der Waals surface area contributed by atoms with E-state index in [2.05, 4.69) is 74.3 Å². The van der Waals surface area contributed by atoms with Gasteiger partial charge in [-0.3, -0.25) is 0 Å². The summed E-state index contributed by atoms with van der Waals surface area (Å²) in [5.74, 6) is 7.95. The highest BCUT2D eigenvalue weighted by Gasteiger charge is 2.16. The summed E-state index contributed by atoms with van der Waals surface area (Å²) in [6, 6.07) is 8.56. The standard InChI is InChI=1S/C22H28/c1-3-5-8-20-15-17-22(18-16-20)10-7-6-9-21-13-11-19(4-2)12-14-21/h5,7-8,10-14,20,22H,3-4,15-18H2,1-2H3/b8-5+,10-7+. The van der Waals surface area contributed by atoms with Gasteiger partial charge in [0.2, 0.25) is 0 Å². The van der Waals surface area contributed by atoms with E-state index < -0.39 is 0 Å². The summed E-state index contributed by atoms with van der Waals surface area (Å²) in [7, 11) is 0. The minimum atomic E-state index is 0.725. The first-order valence-electron chi connectivity index (χ1n) is 8.75. The minimum Gasteiger partial charge on any atom is -0.0885 e. The summed E-state index contributed by atoms with van der Waals surface area (Å²) in [6.45, 7) is 4.38. The molecule has 0 bridgehead atoms. The van der Waals surface area contributed by atoms with Gasteiger partial charge in [0.05, 0.1) is 0 Å². The van der Waals surface area contributed by atoms with E-state index in [4.69, 9.17) is 0 Å². The molecule has 1 aromatic rings. The molecule has 2 rings (SSSR count). The molecule has 0 unspecified atom stereocenters. The Hall–Kier alpha value is -1.74. The Kier molecular flexibility index (Phi) is 7.04. The predicted molar refractivity (Wildman–Crippen MR) is 96.7 cm³/mol. The zero-order valence-electron chi connectivity index (χ0n) is 14.0. The lowest BCUT2D eigenvalue weighted by molar-refractivity contribution is 0.356. The van der Waals surface area contributed by atoms with Gasteiger partial charge in [0.15, 0.2) is 0 Å². The molecule has 0 N–H and O–H groups in total.